The zero-order valence-corrected chi connectivity index (χ0v) is 11.3. The van der Waals surface area contributed by atoms with E-state index in [1.165, 1.54) is 5.56 Å². The summed E-state index contributed by atoms with van der Waals surface area (Å²) >= 11 is 2.17. The molecule has 0 saturated heterocycles. The van der Waals surface area contributed by atoms with Crippen LogP contribution in [0.25, 0.3) is 0 Å². The molecule has 0 aliphatic heterocycles. The molecule has 3 heteroatoms. The molecular formula is C13H14INO. The summed E-state index contributed by atoms with van der Waals surface area (Å²) in [5.41, 5.74) is 1.30. The molecule has 1 N–H and O–H groups in total. The van der Waals surface area contributed by atoms with Gasteiger partial charge in [0.05, 0.1) is 6.54 Å². The van der Waals surface area contributed by atoms with Crippen molar-refractivity contribution in [3.05, 3.63) is 57.6 Å². The van der Waals surface area contributed by atoms with Gasteiger partial charge in [0.25, 0.3) is 0 Å². The molecular weight excluding hydrogens is 313 g/mol. The maximum absolute atomic E-state index is 5.49. The van der Waals surface area contributed by atoms with E-state index in [-0.39, 0.29) is 0 Å². The molecule has 0 aliphatic rings. The molecule has 16 heavy (non-hydrogen) atoms. The molecule has 2 nitrogen and oxygen atoms in total. The quantitative estimate of drug-likeness (QED) is 0.866. The van der Waals surface area contributed by atoms with E-state index in [1.54, 1.807) is 0 Å². The van der Waals surface area contributed by atoms with Gasteiger partial charge in [-0.2, -0.15) is 0 Å². The molecule has 1 aromatic heterocycles. The molecule has 0 saturated carbocycles. The number of rotatable bonds is 4. The highest BCUT2D eigenvalue weighted by molar-refractivity contribution is 14.1. The number of hydrogen-bond acceptors (Lipinski definition) is 2. The zero-order chi connectivity index (χ0) is 11.4. The van der Waals surface area contributed by atoms with Crippen molar-refractivity contribution >= 4 is 22.6 Å². The maximum atomic E-state index is 5.49. The van der Waals surface area contributed by atoms with Crippen LogP contribution in [0.2, 0.25) is 0 Å². The average molecular weight is 327 g/mol. The lowest BCUT2D eigenvalue weighted by atomic mass is 10.1. The van der Waals surface area contributed by atoms with Crippen LogP contribution in [0.4, 0.5) is 0 Å². The fourth-order valence-corrected chi connectivity index (χ4v) is 2.02. The van der Waals surface area contributed by atoms with E-state index in [9.17, 15) is 0 Å². The molecule has 0 bridgehead atoms. The summed E-state index contributed by atoms with van der Waals surface area (Å²) in [6, 6.07) is 14.7. The Morgan fingerprint density at radius 1 is 1.19 bits per heavy atom. The summed E-state index contributed by atoms with van der Waals surface area (Å²) < 4.78 is 6.43. The van der Waals surface area contributed by atoms with Crippen molar-refractivity contribution in [1.29, 1.82) is 0 Å². The first-order valence-corrected chi connectivity index (χ1v) is 6.36. The monoisotopic (exact) mass is 327 g/mol. The maximum Gasteiger partial charge on any atom is 0.164 e. The summed E-state index contributed by atoms with van der Waals surface area (Å²) in [4.78, 5) is 0. The van der Waals surface area contributed by atoms with Crippen molar-refractivity contribution in [2.75, 3.05) is 0 Å². The number of halogens is 1. The highest BCUT2D eigenvalue weighted by Crippen LogP contribution is 2.14. The van der Waals surface area contributed by atoms with Crippen molar-refractivity contribution in [2.45, 2.75) is 19.5 Å². The largest absolute Gasteiger partial charge is 0.454 e. The summed E-state index contributed by atoms with van der Waals surface area (Å²) in [6.07, 6.45) is 0. The topological polar surface area (TPSA) is 25.2 Å². The fourth-order valence-electron chi connectivity index (χ4n) is 1.56. The Morgan fingerprint density at radius 3 is 2.56 bits per heavy atom. The highest BCUT2D eigenvalue weighted by atomic mass is 127. The first kappa shape index (κ1) is 11.7. The Hall–Kier alpha value is -0.810. The normalized spacial score (nSPS) is 12.6. The lowest BCUT2D eigenvalue weighted by Crippen LogP contribution is -2.17. The molecule has 0 spiro atoms. The summed E-state index contributed by atoms with van der Waals surface area (Å²) in [5.74, 6) is 0.979. The first-order valence-electron chi connectivity index (χ1n) is 5.28. The van der Waals surface area contributed by atoms with Crippen LogP contribution in [0.1, 0.15) is 24.3 Å². The third-order valence-electron chi connectivity index (χ3n) is 2.51. The average Bonchev–Trinajstić information content (AvgIpc) is 2.73. The van der Waals surface area contributed by atoms with E-state index in [1.807, 2.05) is 18.2 Å². The van der Waals surface area contributed by atoms with Crippen LogP contribution < -0.4 is 5.32 Å². The molecule has 84 valence electrons. The van der Waals surface area contributed by atoms with E-state index in [4.69, 9.17) is 4.42 Å². The van der Waals surface area contributed by atoms with Crippen molar-refractivity contribution in [1.82, 2.24) is 5.32 Å². The minimum absolute atomic E-state index is 0.337. The van der Waals surface area contributed by atoms with Gasteiger partial charge in [0.2, 0.25) is 0 Å². The van der Waals surface area contributed by atoms with Crippen LogP contribution in [0.3, 0.4) is 0 Å². The second kappa shape index (κ2) is 5.50. The minimum Gasteiger partial charge on any atom is -0.454 e. The van der Waals surface area contributed by atoms with Crippen LogP contribution in [0, 0.1) is 3.77 Å². The molecule has 0 radical (unpaired) electrons. The molecule has 0 amide bonds. The summed E-state index contributed by atoms with van der Waals surface area (Å²) in [7, 11) is 0. The lowest BCUT2D eigenvalue weighted by Gasteiger charge is -2.12. The Kier molecular flexibility index (Phi) is 4.01. The Morgan fingerprint density at radius 2 is 1.94 bits per heavy atom. The van der Waals surface area contributed by atoms with Gasteiger partial charge < -0.3 is 9.73 Å². The van der Waals surface area contributed by atoms with Gasteiger partial charge in [0.1, 0.15) is 5.76 Å². The van der Waals surface area contributed by atoms with Crippen LogP contribution >= 0.6 is 22.6 Å². The van der Waals surface area contributed by atoms with E-state index >= 15 is 0 Å². The molecule has 1 atom stereocenters. The van der Waals surface area contributed by atoms with Crippen LogP contribution in [0.5, 0.6) is 0 Å². The second-order valence-electron chi connectivity index (χ2n) is 3.72. The van der Waals surface area contributed by atoms with E-state index in [0.29, 0.717) is 6.04 Å². The second-order valence-corrected chi connectivity index (χ2v) is 4.78. The number of nitrogens with one attached hydrogen (secondary N) is 1. The van der Waals surface area contributed by atoms with Gasteiger partial charge in [0.15, 0.2) is 3.77 Å². The van der Waals surface area contributed by atoms with E-state index in [2.05, 4.69) is 59.1 Å². The lowest BCUT2D eigenvalue weighted by molar-refractivity contribution is 0.445. The number of furan rings is 1. The number of benzene rings is 1. The minimum atomic E-state index is 0.337. The summed E-state index contributed by atoms with van der Waals surface area (Å²) in [6.45, 7) is 2.92. The molecule has 0 unspecified atom stereocenters. The van der Waals surface area contributed by atoms with Gasteiger partial charge in [-0.1, -0.05) is 30.3 Å². The van der Waals surface area contributed by atoms with Gasteiger partial charge in [0, 0.05) is 6.04 Å². The Bertz CT molecular complexity index is 438. The van der Waals surface area contributed by atoms with Crippen molar-refractivity contribution in [2.24, 2.45) is 0 Å². The van der Waals surface area contributed by atoms with Gasteiger partial charge in [-0.3, -0.25) is 0 Å². The molecule has 0 fully saturated rings. The first-order chi connectivity index (χ1) is 7.75. The van der Waals surface area contributed by atoms with Crippen LogP contribution in [-0.2, 0) is 6.54 Å². The van der Waals surface area contributed by atoms with Crippen molar-refractivity contribution in [3.63, 3.8) is 0 Å². The van der Waals surface area contributed by atoms with Gasteiger partial charge >= 0.3 is 0 Å². The zero-order valence-electron chi connectivity index (χ0n) is 9.11. The Labute approximate surface area is 109 Å². The smallest absolute Gasteiger partial charge is 0.164 e. The van der Waals surface area contributed by atoms with Gasteiger partial charge in [-0.25, -0.2) is 0 Å². The predicted octanol–water partition coefficient (Wildman–Crippen LogP) is 3.74. The van der Waals surface area contributed by atoms with E-state index < -0.39 is 0 Å². The third-order valence-corrected chi connectivity index (χ3v) is 3.09. The molecule has 1 aromatic carbocycles. The third kappa shape index (κ3) is 3.09. The van der Waals surface area contributed by atoms with Gasteiger partial charge in [-0.05, 0) is 47.2 Å². The molecule has 2 rings (SSSR count). The SMILES string of the molecule is C[C@@H](NCc1ccc(I)o1)c1ccccc1. The van der Waals surface area contributed by atoms with E-state index in [0.717, 1.165) is 16.1 Å². The Balaban J connectivity index is 1.91. The summed E-state index contributed by atoms with van der Waals surface area (Å²) in [5, 5.41) is 3.43. The van der Waals surface area contributed by atoms with Gasteiger partial charge in [-0.15, -0.1) is 0 Å². The van der Waals surface area contributed by atoms with Crippen molar-refractivity contribution < 1.29 is 4.42 Å². The fraction of sp³-hybridized carbons (Fsp3) is 0.231. The number of hydrogen-bond donors (Lipinski definition) is 1. The standard InChI is InChI=1S/C13H14INO/c1-10(11-5-3-2-4-6-11)15-9-12-7-8-13(14)16-12/h2-8,10,15H,9H2,1H3/t10-/m1/s1. The highest BCUT2D eigenvalue weighted by Gasteiger charge is 2.05. The predicted molar refractivity (Wildman–Crippen MR) is 73.1 cm³/mol. The van der Waals surface area contributed by atoms with Crippen LogP contribution in [-0.4, -0.2) is 0 Å². The molecule has 0 aliphatic carbocycles. The van der Waals surface area contributed by atoms with Crippen LogP contribution in [0.15, 0.2) is 46.9 Å². The molecule has 1 heterocycles. The van der Waals surface area contributed by atoms with Crippen molar-refractivity contribution in [3.8, 4) is 0 Å². The molecule has 2 aromatic rings.